The van der Waals surface area contributed by atoms with E-state index in [-0.39, 0.29) is 22.9 Å². The zero-order valence-corrected chi connectivity index (χ0v) is 18.1. The molecule has 4 atom stereocenters. The number of phenolic OH excluding ortho intramolecular Hbond substituents is 1. The van der Waals surface area contributed by atoms with Gasteiger partial charge in [0.15, 0.2) is 0 Å². The summed E-state index contributed by atoms with van der Waals surface area (Å²) in [5.41, 5.74) is 3.23. The number of hydrogen-bond acceptors (Lipinski definition) is 3. The number of aliphatic hydroxyl groups excluding tert-OH is 1. The van der Waals surface area contributed by atoms with Gasteiger partial charge >= 0.3 is 0 Å². The molecule has 4 rings (SSSR count). The molecule has 3 nitrogen and oxygen atoms in total. The Hall–Kier alpha value is -1.48. The van der Waals surface area contributed by atoms with Gasteiger partial charge in [0.1, 0.15) is 11.5 Å². The second-order valence-electron chi connectivity index (χ2n) is 10.1. The minimum atomic E-state index is -0.158. The maximum atomic E-state index is 11.2. The van der Waals surface area contributed by atoms with E-state index in [2.05, 4.69) is 39.8 Å². The molecule has 0 bridgehead atoms. The van der Waals surface area contributed by atoms with Crippen LogP contribution in [-0.4, -0.2) is 23.9 Å². The van der Waals surface area contributed by atoms with E-state index in [0.717, 1.165) is 35.3 Å². The summed E-state index contributed by atoms with van der Waals surface area (Å²) in [5.74, 6) is 2.19. The Balaban J connectivity index is 1.68. The minimum Gasteiger partial charge on any atom is -0.507 e. The van der Waals surface area contributed by atoms with Gasteiger partial charge in [0.05, 0.1) is 13.7 Å². The molecule has 154 valence electrons. The fourth-order valence-corrected chi connectivity index (χ4v) is 6.61. The van der Waals surface area contributed by atoms with Crippen LogP contribution in [0.25, 0.3) is 0 Å². The Morgan fingerprint density at radius 3 is 2.57 bits per heavy atom. The molecule has 1 unspecified atom stereocenters. The van der Waals surface area contributed by atoms with Crippen molar-refractivity contribution in [2.24, 2.45) is 17.3 Å². The largest absolute Gasteiger partial charge is 0.507 e. The van der Waals surface area contributed by atoms with Gasteiger partial charge in [-0.2, -0.15) is 0 Å². The molecule has 0 amide bonds. The highest BCUT2D eigenvalue weighted by Gasteiger charge is 2.86. The third-order valence-corrected chi connectivity index (χ3v) is 8.47. The van der Waals surface area contributed by atoms with Gasteiger partial charge in [-0.15, -0.1) is 0 Å². The van der Waals surface area contributed by atoms with Gasteiger partial charge in [0.2, 0.25) is 0 Å². The van der Waals surface area contributed by atoms with Crippen LogP contribution in [0.3, 0.4) is 0 Å². The Morgan fingerprint density at radius 2 is 1.96 bits per heavy atom. The second-order valence-corrected chi connectivity index (χ2v) is 10.1. The molecule has 2 saturated carbocycles. The molecule has 0 heterocycles. The van der Waals surface area contributed by atoms with E-state index in [4.69, 9.17) is 4.74 Å². The van der Waals surface area contributed by atoms with E-state index in [9.17, 15) is 10.2 Å². The third-order valence-electron chi connectivity index (χ3n) is 8.47. The number of fused-ring (bicyclic) bond motifs is 1. The summed E-state index contributed by atoms with van der Waals surface area (Å²) >= 11 is 0. The van der Waals surface area contributed by atoms with E-state index in [0.29, 0.717) is 17.6 Å². The summed E-state index contributed by atoms with van der Waals surface area (Å²) in [4.78, 5) is 0. The molecule has 0 saturated heterocycles. The molecule has 1 aromatic rings. The monoisotopic (exact) mass is 384 g/mol. The molecule has 0 radical (unpaired) electrons. The fourth-order valence-electron chi connectivity index (χ4n) is 6.61. The lowest BCUT2D eigenvalue weighted by atomic mass is 9.71. The topological polar surface area (TPSA) is 49.7 Å². The average Bonchev–Trinajstić information content (AvgIpc) is 2.98. The molecule has 0 spiro atoms. The Bertz CT molecular complexity index is 808. The molecular formula is C25H36O3. The van der Waals surface area contributed by atoms with Crippen molar-refractivity contribution < 1.29 is 14.9 Å². The molecule has 28 heavy (non-hydrogen) atoms. The van der Waals surface area contributed by atoms with Crippen LogP contribution in [0.4, 0.5) is 0 Å². The van der Waals surface area contributed by atoms with Crippen LogP contribution in [0.5, 0.6) is 11.5 Å². The molecule has 1 aromatic carbocycles. The Kier molecular flexibility index (Phi) is 4.61. The number of aromatic hydroxyl groups is 1. The van der Waals surface area contributed by atoms with Gasteiger partial charge in [0, 0.05) is 11.0 Å². The van der Waals surface area contributed by atoms with E-state index >= 15 is 0 Å². The molecule has 3 heteroatoms. The first kappa shape index (κ1) is 19.8. The standard InChI is InChI=1S/C25H36O3/c1-6-7-8-9-10-23(2,3)17-11-19(27)22(20(12-17)28-5)25-14-16(15-26)18-13-21(25)24(18,25)4/h11-12,14,18,21,26-27H,6-10,13,15H2,1-5H3/t18-,21?,24-,25+/m1/s1. The van der Waals surface area contributed by atoms with Gasteiger partial charge in [-0.05, 0) is 58.8 Å². The first-order valence-corrected chi connectivity index (χ1v) is 11.0. The van der Waals surface area contributed by atoms with Crippen molar-refractivity contribution in [2.45, 2.75) is 77.0 Å². The van der Waals surface area contributed by atoms with Crippen molar-refractivity contribution in [3.05, 3.63) is 34.9 Å². The number of allylic oxidation sites excluding steroid dienone is 1. The molecule has 2 fully saturated rings. The van der Waals surface area contributed by atoms with Crippen LogP contribution < -0.4 is 4.74 Å². The van der Waals surface area contributed by atoms with E-state index < -0.39 is 0 Å². The van der Waals surface area contributed by atoms with E-state index in [1.807, 2.05) is 6.07 Å². The predicted octanol–water partition coefficient (Wildman–Crippen LogP) is 5.47. The highest BCUT2D eigenvalue weighted by Crippen LogP contribution is 2.89. The predicted molar refractivity (Wildman–Crippen MR) is 113 cm³/mol. The lowest BCUT2D eigenvalue weighted by Gasteiger charge is -2.33. The maximum Gasteiger partial charge on any atom is 0.126 e. The summed E-state index contributed by atoms with van der Waals surface area (Å²) in [5, 5.41) is 20.9. The SMILES string of the molecule is CCCCCCC(C)(C)c1cc(O)c([C@]23C=C(CO)[C@H]4CC2[C@@]43C)c(OC)c1. The zero-order valence-electron chi connectivity index (χ0n) is 18.1. The molecular weight excluding hydrogens is 348 g/mol. The number of phenols is 1. The zero-order chi connectivity index (χ0) is 20.3. The summed E-state index contributed by atoms with van der Waals surface area (Å²) < 4.78 is 5.84. The van der Waals surface area contributed by atoms with E-state index in [1.165, 1.54) is 25.7 Å². The van der Waals surface area contributed by atoms with Gasteiger partial charge in [-0.25, -0.2) is 0 Å². The van der Waals surface area contributed by atoms with Crippen molar-refractivity contribution in [3.8, 4) is 11.5 Å². The number of unbranched alkanes of at least 4 members (excludes halogenated alkanes) is 3. The van der Waals surface area contributed by atoms with Crippen LogP contribution >= 0.6 is 0 Å². The number of hydrogen-bond donors (Lipinski definition) is 2. The molecule has 0 aliphatic heterocycles. The number of aliphatic hydroxyl groups is 1. The van der Waals surface area contributed by atoms with Crippen molar-refractivity contribution in [1.29, 1.82) is 0 Å². The van der Waals surface area contributed by atoms with Gasteiger partial charge in [0.25, 0.3) is 0 Å². The van der Waals surface area contributed by atoms with Gasteiger partial charge < -0.3 is 14.9 Å². The first-order valence-electron chi connectivity index (χ1n) is 11.0. The molecule has 0 aromatic heterocycles. The summed E-state index contributed by atoms with van der Waals surface area (Å²) in [6.45, 7) is 9.21. The summed E-state index contributed by atoms with van der Waals surface area (Å²) in [6.07, 6.45) is 9.48. The number of rotatable bonds is 9. The lowest BCUT2D eigenvalue weighted by Crippen LogP contribution is -2.27. The lowest BCUT2D eigenvalue weighted by molar-refractivity contribution is 0.194. The molecule has 2 N–H and O–H groups in total. The average molecular weight is 385 g/mol. The van der Waals surface area contributed by atoms with Crippen LogP contribution in [0.15, 0.2) is 23.8 Å². The van der Waals surface area contributed by atoms with Crippen molar-refractivity contribution >= 4 is 0 Å². The second kappa shape index (κ2) is 6.52. The highest BCUT2D eigenvalue weighted by atomic mass is 16.5. The number of benzene rings is 1. The quantitative estimate of drug-likeness (QED) is 0.438. The van der Waals surface area contributed by atoms with Crippen molar-refractivity contribution in [2.75, 3.05) is 13.7 Å². The number of methoxy groups -OCH3 is 1. The van der Waals surface area contributed by atoms with Crippen LogP contribution in [0, 0.1) is 17.3 Å². The Labute approximate surface area is 169 Å². The smallest absolute Gasteiger partial charge is 0.126 e. The van der Waals surface area contributed by atoms with Crippen LogP contribution in [0.2, 0.25) is 0 Å². The van der Waals surface area contributed by atoms with Crippen molar-refractivity contribution in [3.63, 3.8) is 0 Å². The summed E-state index contributed by atoms with van der Waals surface area (Å²) in [7, 11) is 1.71. The maximum absolute atomic E-state index is 11.2. The number of ether oxygens (including phenoxy) is 1. The molecule has 3 aliphatic rings. The Morgan fingerprint density at radius 1 is 1.21 bits per heavy atom. The summed E-state index contributed by atoms with van der Waals surface area (Å²) in [6, 6.07) is 4.14. The normalized spacial score (nSPS) is 32.6. The van der Waals surface area contributed by atoms with Crippen LogP contribution in [-0.2, 0) is 10.8 Å². The highest BCUT2D eigenvalue weighted by molar-refractivity contribution is 5.67. The fraction of sp³-hybridized carbons (Fsp3) is 0.680. The van der Waals surface area contributed by atoms with Crippen LogP contribution in [0.1, 0.15) is 77.3 Å². The first-order chi connectivity index (χ1) is 13.3. The van der Waals surface area contributed by atoms with Gasteiger partial charge in [-0.1, -0.05) is 59.5 Å². The molecule has 3 aliphatic carbocycles. The van der Waals surface area contributed by atoms with E-state index in [1.54, 1.807) is 7.11 Å². The third kappa shape index (κ3) is 2.38. The van der Waals surface area contributed by atoms with Gasteiger partial charge in [-0.3, -0.25) is 0 Å². The minimum absolute atomic E-state index is 0.00540. The van der Waals surface area contributed by atoms with Crippen molar-refractivity contribution in [1.82, 2.24) is 0 Å².